The summed E-state index contributed by atoms with van der Waals surface area (Å²) >= 11 is 1.58. The molecule has 2 aliphatic rings. The minimum Gasteiger partial charge on any atom is -0.486 e. The lowest BCUT2D eigenvalue weighted by Crippen LogP contribution is -2.15. The van der Waals surface area contributed by atoms with Crippen molar-refractivity contribution in [1.29, 1.82) is 5.26 Å². The van der Waals surface area contributed by atoms with E-state index in [9.17, 15) is 10.1 Å². The second kappa shape index (κ2) is 6.80. The predicted molar refractivity (Wildman–Crippen MR) is 108 cm³/mol. The Morgan fingerprint density at radius 3 is 2.89 bits per heavy atom. The molecule has 3 aromatic rings. The average molecular weight is 391 g/mol. The summed E-state index contributed by atoms with van der Waals surface area (Å²) in [6.45, 7) is 1.03. The molecule has 1 N–H and O–H groups in total. The molecule has 6 nitrogen and oxygen atoms in total. The molecule has 5 rings (SSSR count). The average Bonchev–Trinajstić information content (AvgIpc) is 3.10. The highest BCUT2D eigenvalue weighted by Gasteiger charge is 2.20. The second-order valence-corrected chi connectivity index (χ2v) is 7.96. The highest BCUT2D eigenvalue weighted by atomic mass is 32.1. The molecule has 0 unspecified atom stereocenters. The Bertz CT molecular complexity index is 1220. The van der Waals surface area contributed by atoms with Gasteiger partial charge in [-0.3, -0.25) is 4.79 Å². The SMILES string of the molecule is N#C/C(=C\c1ccc2c(c1)OCCO2)c1nc2sc3c(c2c(=O)[nH]1)CCCC3. The zero-order chi connectivity index (χ0) is 19.1. The van der Waals surface area contributed by atoms with Gasteiger partial charge >= 0.3 is 0 Å². The number of rotatable bonds is 2. The first-order valence-electron chi connectivity index (χ1n) is 9.29. The molecule has 28 heavy (non-hydrogen) atoms. The fraction of sp³-hybridized carbons (Fsp3) is 0.286. The van der Waals surface area contributed by atoms with Crippen molar-refractivity contribution in [3.05, 3.63) is 50.4 Å². The number of aromatic amines is 1. The van der Waals surface area contributed by atoms with E-state index >= 15 is 0 Å². The van der Waals surface area contributed by atoms with Crippen molar-refractivity contribution in [2.24, 2.45) is 0 Å². The molecule has 0 atom stereocenters. The van der Waals surface area contributed by atoms with Gasteiger partial charge in [-0.05, 0) is 55.0 Å². The van der Waals surface area contributed by atoms with Crippen molar-refractivity contribution < 1.29 is 9.47 Å². The zero-order valence-electron chi connectivity index (χ0n) is 15.1. The summed E-state index contributed by atoms with van der Waals surface area (Å²) in [5, 5.41) is 10.4. The summed E-state index contributed by atoms with van der Waals surface area (Å²) in [4.78, 5) is 22.1. The number of nitrogens with zero attached hydrogens (tertiary/aromatic N) is 2. The van der Waals surface area contributed by atoms with Crippen LogP contribution < -0.4 is 15.0 Å². The van der Waals surface area contributed by atoms with Crippen molar-refractivity contribution in [2.75, 3.05) is 13.2 Å². The summed E-state index contributed by atoms with van der Waals surface area (Å²) in [6.07, 6.45) is 5.89. The van der Waals surface area contributed by atoms with E-state index in [0.29, 0.717) is 46.3 Å². The fourth-order valence-electron chi connectivity index (χ4n) is 3.76. The molecule has 0 amide bonds. The van der Waals surface area contributed by atoms with Crippen LogP contribution in [0.3, 0.4) is 0 Å². The molecule has 1 aliphatic carbocycles. The summed E-state index contributed by atoms with van der Waals surface area (Å²) in [5.74, 6) is 1.65. The summed E-state index contributed by atoms with van der Waals surface area (Å²) < 4.78 is 11.1. The third kappa shape index (κ3) is 2.86. The molecule has 0 saturated carbocycles. The maximum atomic E-state index is 12.7. The van der Waals surface area contributed by atoms with Crippen molar-refractivity contribution in [3.63, 3.8) is 0 Å². The topological polar surface area (TPSA) is 88.0 Å². The monoisotopic (exact) mass is 391 g/mol. The molecule has 0 spiro atoms. The Hall–Kier alpha value is -3.11. The van der Waals surface area contributed by atoms with E-state index in [1.165, 1.54) is 4.88 Å². The Morgan fingerprint density at radius 2 is 2.04 bits per heavy atom. The number of aryl methyl sites for hydroxylation is 2. The van der Waals surface area contributed by atoms with Crippen molar-refractivity contribution in [3.8, 4) is 17.6 Å². The number of hydrogen-bond acceptors (Lipinski definition) is 6. The minimum atomic E-state index is -0.164. The van der Waals surface area contributed by atoms with Crippen LogP contribution in [0, 0.1) is 11.3 Å². The number of H-pyrrole nitrogens is 1. The van der Waals surface area contributed by atoms with Gasteiger partial charge in [0.1, 0.15) is 24.1 Å². The highest BCUT2D eigenvalue weighted by molar-refractivity contribution is 7.18. The van der Waals surface area contributed by atoms with E-state index in [4.69, 9.17) is 9.47 Å². The van der Waals surface area contributed by atoms with Crippen molar-refractivity contribution in [1.82, 2.24) is 9.97 Å². The molecular weight excluding hydrogens is 374 g/mol. The standard InChI is InChI=1S/C21H17N3O3S/c22-11-13(9-12-5-6-15-16(10-12)27-8-7-26-15)19-23-20(25)18-14-3-1-2-4-17(14)28-21(18)24-19/h5-6,9-10H,1-4,7-8H2,(H,23,24,25)/b13-9+. The van der Waals surface area contributed by atoms with Crippen LogP contribution in [0.2, 0.25) is 0 Å². The molecular formula is C21H17N3O3S. The maximum absolute atomic E-state index is 12.7. The van der Waals surface area contributed by atoms with Crippen LogP contribution in [-0.4, -0.2) is 23.2 Å². The number of hydrogen-bond donors (Lipinski definition) is 1. The largest absolute Gasteiger partial charge is 0.486 e. The van der Waals surface area contributed by atoms with Gasteiger partial charge in [-0.1, -0.05) is 6.07 Å². The van der Waals surface area contributed by atoms with Gasteiger partial charge in [-0.25, -0.2) is 4.98 Å². The van der Waals surface area contributed by atoms with Crippen LogP contribution in [-0.2, 0) is 12.8 Å². The molecule has 0 bridgehead atoms. The van der Waals surface area contributed by atoms with Gasteiger partial charge in [-0.15, -0.1) is 11.3 Å². The highest BCUT2D eigenvalue weighted by Crippen LogP contribution is 2.34. The lowest BCUT2D eigenvalue weighted by Gasteiger charge is -2.18. The number of benzene rings is 1. The van der Waals surface area contributed by atoms with Crippen LogP contribution in [0.25, 0.3) is 21.9 Å². The quantitative estimate of drug-likeness (QED) is 0.673. The van der Waals surface area contributed by atoms with Gasteiger partial charge in [0.2, 0.25) is 0 Å². The van der Waals surface area contributed by atoms with Crippen LogP contribution >= 0.6 is 11.3 Å². The van der Waals surface area contributed by atoms with Crippen LogP contribution in [0.15, 0.2) is 23.0 Å². The molecule has 0 radical (unpaired) electrons. The van der Waals surface area contributed by atoms with Gasteiger partial charge in [0, 0.05) is 4.88 Å². The Labute approximate surface area is 165 Å². The second-order valence-electron chi connectivity index (χ2n) is 6.88. The molecule has 2 aromatic heterocycles. The Morgan fingerprint density at radius 1 is 1.21 bits per heavy atom. The van der Waals surface area contributed by atoms with Crippen LogP contribution in [0.5, 0.6) is 11.5 Å². The Kier molecular flexibility index (Phi) is 4.14. The number of nitrogens with one attached hydrogen (secondary N) is 1. The fourth-order valence-corrected chi connectivity index (χ4v) is 5.02. The number of thiophene rings is 1. The molecule has 1 aromatic carbocycles. The van der Waals surface area contributed by atoms with E-state index in [-0.39, 0.29) is 5.56 Å². The predicted octanol–water partition coefficient (Wildman–Crippen LogP) is 3.70. The molecule has 3 heterocycles. The van der Waals surface area contributed by atoms with Gasteiger partial charge in [0.05, 0.1) is 11.0 Å². The lowest BCUT2D eigenvalue weighted by molar-refractivity contribution is 0.171. The molecule has 7 heteroatoms. The molecule has 140 valence electrons. The van der Waals surface area contributed by atoms with E-state index in [2.05, 4.69) is 16.0 Å². The minimum absolute atomic E-state index is 0.164. The van der Waals surface area contributed by atoms with Crippen LogP contribution in [0.1, 0.15) is 34.7 Å². The van der Waals surface area contributed by atoms with E-state index in [0.717, 1.165) is 36.8 Å². The Balaban J connectivity index is 1.59. The third-order valence-electron chi connectivity index (χ3n) is 5.08. The first-order chi connectivity index (χ1) is 13.7. The van der Waals surface area contributed by atoms with E-state index < -0.39 is 0 Å². The van der Waals surface area contributed by atoms with Crippen LogP contribution in [0.4, 0.5) is 0 Å². The third-order valence-corrected chi connectivity index (χ3v) is 6.26. The van der Waals surface area contributed by atoms with Crippen molar-refractivity contribution >= 4 is 33.2 Å². The number of nitriles is 1. The molecule has 1 aliphatic heterocycles. The summed E-state index contributed by atoms with van der Waals surface area (Å²) in [5.41, 5.74) is 2.07. The van der Waals surface area contributed by atoms with E-state index in [1.54, 1.807) is 17.4 Å². The first-order valence-corrected chi connectivity index (χ1v) is 10.1. The molecule has 0 saturated heterocycles. The van der Waals surface area contributed by atoms with Crippen molar-refractivity contribution in [2.45, 2.75) is 25.7 Å². The lowest BCUT2D eigenvalue weighted by atomic mass is 9.97. The first kappa shape index (κ1) is 17.0. The number of aromatic nitrogens is 2. The maximum Gasteiger partial charge on any atom is 0.260 e. The number of allylic oxidation sites excluding steroid dienone is 1. The van der Waals surface area contributed by atoms with Gasteiger partial charge < -0.3 is 14.5 Å². The smallest absolute Gasteiger partial charge is 0.260 e. The summed E-state index contributed by atoms with van der Waals surface area (Å²) in [7, 11) is 0. The zero-order valence-corrected chi connectivity index (χ0v) is 15.9. The van der Waals surface area contributed by atoms with E-state index in [1.807, 2.05) is 18.2 Å². The normalized spacial score (nSPS) is 15.9. The number of ether oxygens (including phenoxy) is 2. The summed E-state index contributed by atoms with van der Waals surface area (Å²) in [6, 6.07) is 7.66. The van der Waals surface area contributed by atoms with Gasteiger partial charge in [0.15, 0.2) is 17.3 Å². The van der Waals surface area contributed by atoms with Gasteiger partial charge in [0.25, 0.3) is 5.56 Å². The number of fused-ring (bicyclic) bond motifs is 4. The molecule has 0 fully saturated rings. The van der Waals surface area contributed by atoms with Gasteiger partial charge in [-0.2, -0.15) is 5.26 Å².